The van der Waals surface area contributed by atoms with Crippen LogP contribution in [0, 0.1) is 0 Å². The van der Waals surface area contributed by atoms with E-state index in [-0.39, 0.29) is 12.2 Å². The molecule has 1 aromatic rings. The maximum absolute atomic E-state index is 10.9. The molecular formula is C12H15NO3. The molecule has 16 heavy (non-hydrogen) atoms. The van der Waals surface area contributed by atoms with E-state index in [1.54, 1.807) is 12.1 Å². The molecule has 4 heteroatoms. The van der Waals surface area contributed by atoms with Crippen molar-refractivity contribution in [2.75, 3.05) is 0 Å². The Balaban J connectivity index is 2.16. The second kappa shape index (κ2) is 4.51. The van der Waals surface area contributed by atoms with Crippen molar-refractivity contribution in [2.24, 2.45) is 0 Å². The number of ether oxygens (including phenoxy) is 2. The molecule has 1 aromatic heterocycles. The van der Waals surface area contributed by atoms with Crippen LogP contribution in [0.4, 0.5) is 0 Å². The highest BCUT2D eigenvalue weighted by molar-refractivity contribution is 5.76. The molecule has 4 nitrogen and oxygen atoms in total. The number of hydrogen-bond donors (Lipinski definition) is 0. The molecule has 0 amide bonds. The Labute approximate surface area is 94.6 Å². The molecule has 0 saturated heterocycles. The smallest absolute Gasteiger partial charge is 0.214 e. The summed E-state index contributed by atoms with van der Waals surface area (Å²) in [5.41, 5.74) is 0.310. The van der Waals surface area contributed by atoms with Crippen LogP contribution in [0.2, 0.25) is 0 Å². The Bertz CT molecular complexity index is 386. The lowest BCUT2D eigenvalue weighted by atomic mass is 10.3. The highest BCUT2D eigenvalue weighted by Crippen LogP contribution is 2.29. The number of pyridine rings is 1. The third kappa shape index (κ3) is 2.72. The predicted molar refractivity (Wildman–Crippen MR) is 59.0 cm³/mol. The van der Waals surface area contributed by atoms with Crippen molar-refractivity contribution in [1.82, 2.24) is 4.98 Å². The summed E-state index contributed by atoms with van der Waals surface area (Å²) < 4.78 is 11.0. The van der Waals surface area contributed by atoms with E-state index in [2.05, 4.69) is 4.98 Å². The van der Waals surface area contributed by atoms with E-state index in [4.69, 9.17) is 9.47 Å². The van der Waals surface area contributed by atoms with Gasteiger partial charge < -0.3 is 9.47 Å². The monoisotopic (exact) mass is 221 g/mol. The van der Waals surface area contributed by atoms with Crippen LogP contribution in [0.3, 0.4) is 0 Å². The first-order chi connectivity index (χ1) is 7.69. The first-order valence-corrected chi connectivity index (χ1v) is 5.48. The van der Waals surface area contributed by atoms with Gasteiger partial charge in [-0.15, -0.1) is 0 Å². The van der Waals surface area contributed by atoms with Crippen LogP contribution in [0.15, 0.2) is 12.1 Å². The summed E-state index contributed by atoms with van der Waals surface area (Å²) in [5.74, 6) is 1.01. The predicted octanol–water partition coefficient (Wildman–Crippen LogP) is 2.22. The summed E-state index contributed by atoms with van der Waals surface area (Å²) in [6.45, 7) is 3.83. The molecule has 0 aromatic carbocycles. The van der Waals surface area contributed by atoms with Crippen LogP contribution in [-0.2, 0) is 0 Å². The molecule has 1 heterocycles. The Morgan fingerprint density at radius 3 is 2.75 bits per heavy atom. The quantitative estimate of drug-likeness (QED) is 0.715. The zero-order chi connectivity index (χ0) is 11.5. The van der Waals surface area contributed by atoms with Gasteiger partial charge in [0.15, 0.2) is 6.29 Å². The summed E-state index contributed by atoms with van der Waals surface area (Å²) in [5, 5.41) is 0. The average Bonchev–Trinajstić information content (AvgIpc) is 3.03. The van der Waals surface area contributed by atoms with Crippen molar-refractivity contribution in [3.05, 3.63) is 17.8 Å². The van der Waals surface area contributed by atoms with Crippen LogP contribution in [0.25, 0.3) is 0 Å². The van der Waals surface area contributed by atoms with Crippen LogP contribution in [0.5, 0.6) is 11.6 Å². The Morgan fingerprint density at radius 2 is 2.19 bits per heavy atom. The Kier molecular flexibility index (Phi) is 3.08. The number of carbonyl (C=O) groups is 1. The van der Waals surface area contributed by atoms with E-state index in [1.807, 2.05) is 13.8 Å². The Morgan fingerprint density at radius 1 is 1.44 bits per heavy atom. The van der Waals surface area contributed by atoms with Crippen LogP contribution >= 0.6 is 0 Å². The number of nitrogens with zero attached hydrogens (tertiary/aromatic N) is 1. The molecule has 0 spiro atoms. The third-order valence-electron chi connectivity index (χ3n) is 2.15. The van der Waals surface area contributed by atoms with E-state index >= 15 is 0 Å². The van der Waals surface area contributed by atoms with Crippen molar-refractivity contribution < 1.29 is 14.3 Å². The minimum atomic E-state index is 0.0437. The lowest BCUT2D eigenvalue weighted by Gasteiger charge is -2.11. The third-order valence-corrected chi connectivity index (χ3v) is 2.15. The molecule has 1 fully saturated rings. The van der Waals surface area contributed by atoms with Crippen LogP contribution in [0.1, 0.15) is 37.2 Å². The van der Waals surface area contributed by atoms with Crippen molar-refractivity contribution in [2.45, 2.75) is 38.9 Å². The standard InChI is InChI=1S/C12H15NO3/c1-8(2)15-12-6-5-11(10(7-14)13-12)16-9-3-4-9/h5-9H,3-4H2,1-2H3. The second-order valence-corrected chi connectivity index (χ2v) is 4.13. The normalized spacial score (nSPS) is 14.9. The van der Waals surface area contributed by atoms with E-state index in [0.29, 0.717) is 23.6 Å². The van der Waals surface area contributed by atoms with Crippen molar-refractivity contribution in [3.8, 4) is 11.6 Å². The van der Waals surface area contributed by atoms with Gasteiger partial charge in [0.25, 0.3) is 0 Å². The summed E-state index contributed by atoms with van der Waals surface area (Å²) in [6, 6.07) is 3.47. The van der Waals surface area contributed by atoms with Crippen LogP contribution in [-0.4, -0.2) is 23.5 Å². The summed E-state index contributed by atoms with van der Waals surface area (Å²) >= 11 is 0. The number of aromatic nitrogens is 1. The molecule has 0 radical (unpaired) electrons. The molecule has 1 saturated carbocycles. The molecule has 0 N–H and O–H groups in total. The van der Waals surface area contributed by atoms with Gasteiger partial charge in [0.05, 0.1) is 12.2 Å². The average molecular weight is 221 g/mol. The molecule has 2 rings (SSSR count). The van der Waals surface area contributed by atoms with Crippen molar-refractivity contribution in [3.63, 3.8) is 0 Å². The van der Waals surface area contributed by atoms with E-state index in [0.717, 1.165) is 12.8 Å². The molecule has 0 bridgehead atoms. The zero-order valence-electron chi connectivity index (χ0n) is 9.47. The van der Waals surface area contributed by atoms with Gasteiger partial charge in [-0.05, 0) is 32.8 Å². The summed E-state index contributed by atoms with van der Waals surface area (Å²) in [7, 11) is 0. The highest BCUT2D eigenvalue weighted by Gasteiger charge is 2.25. The van der Waals surface area contributed by atoms with Crippen molar-refractivity contribution >= 4 is 6.29 Å². The second-order valence-electron chi connectivity index (χ2n) is 4.13. The zero-order valence-corrected chi connectivity index (χ0v) is 9.47. The van der Waals surface area contributed by atoms with E-state index in [1.165, 1.54) is 0 Å². The fourth-order valence-corrected chi connectivity index (χ4v) is 1.30. The fourth-order valence-electron chi connectivity index (χ4n) is 1.30. The number of rotatable bonds is 5. The van der Waals surface area contributed by atoms with E-state index in [9.17, 15) is 4.79 Å². The summed E-state index contributed by atoms with van der Waals surface area (Å²) in [6.07, 6.45) is 3.12. The highest BCUT2D eigenvalue weighted by atomic mass is 16.5. The lowest BCUT2D eigenvalue weighted by Crippen LogP contribution is -2.08. The minimum absolute atomic E-state index is 0.0437. The molecular weight excluding hydrogens is 206 g/mol. The summed E-state index contributed by atoms with van der Waals surface area (Å²) in [4.78, 5) is 15.0. The van der Waals surface area contributed by atoms with Gasteiger partial charge >= 0.3 is 0 Å². The maximum Gasteiger partial charge on any atom is 0.214 e. The SMILES string of the molecule is CC(C)Oc1ccc(OC2CC2)c(C=O)n1. The molecule has 0 aliphatic heterocycles. The molecule has 1 aliphatic rings. The number of carbonyl (C=O) groups excluding carboxylic acids is 1. The van der Waals surface area contributed by atoms with Gasteiger partial charge in [0, 0.05) is 6.07 Å². The topological polar surface area (TPSA) is 48.4 Å². The van der Waals surface area contributed by atoms with Gasteiger partial charge in [0.1, 0.15) is 11.4 Å². The first-order valence-electron chi connectivity index (χ1n) is 5.48. The van der Waals surface area contributed by atoms with Gasteiger partial charge in [-0.1, -0.05) is 0 Å². The molecule has 86 valence electrons. The molecule has 1 aliphatic carbocycles. The fraction of sp³-hybridized carbons (Fsp3) is 0.500. The van der Waals surface area contributed by atoms with Gasteiger partial charge in [-0.2, -0.15) is 0 Å². The van der Waals surface area contributed by atoms with E-state index < -0.39 is 0 Å². The molecule has 0 atom stereocenters. The van der Waals surface area contributed by atoms with Gasteiger partial charge in [-0.25, -0.2) is 4.98 Å². The maximum atomic E-state index is 10.9. The van der Waals surface area contributed by atoms with Crippen LogP contribution < -0.4 is 9.47 Å². The minimum Gasteiger partial charge on any atom is -0.488 e. The van der Waals surface area contributed by atoms with Gasteiger partial charge in [-0.3, -0.25) is 4.79 Å². The van der Waals surface area contributed by atoms with Crippen molar-refractivity contribution in [1.29, 1.82) is 0 Å². The Hall–Kier alpha value is -1.58. The number of hydrogen-bond acceptors (Lipinski definition) is 4. The number of aldehydes is 1. The molecule has 0 unspecified atom stereocenters. The largest absolute Gasteiger partial charge is 0.488 e. The van der Waals surface area contributed by atoms with Gasteiger partial charge in [0.2, 0.25) is 5.88 Å². The lowest BCUT2D eigenvalue weighted by molar-refractivity contribution is 0.111. The first kappa shape index (κ1) is 10.9.